The molecule has 1 heterocycles. The van der Waals surface area contributed by atoms with Gasteiger partial charge in [0.1, 0.15) is 11.9 Å². The van der Waals surface area contributed by atoms with E-state index >= 15 is 0 Å². The van der Waals surface area contributed by atoms with Crippen molar-refractivity contribution in [2.75, 3.05) is 13.7 Å². The van der Waals surface area contributed by atoms with E-state index in [-0.39, 0.29) is 29.3 Å². The first-order chi connectivity index (χ1) is 16.2. The molecule has 1 fully saturated rings. The van der Waals surface area contributed by atoms with Crippen LogP contribution in [-0.2, 0) is 20.5 Å². The van der Waals surface area contributed by atoms with Gasteiger partial charge in [-0.3, -0.25) is 0 Å². The maximum atomic E-state index is 10.8. The highest BCUT2D eigenvalue weighted by Crippen LogP contribution is 2.43. The first-order valence-corrected chi connectivity index (χ1v) is 16.2. The predicted octanol–water partition coefficient (Wildman–Crippen LogP) is 7.00. The fraction of sp³-hybridized carbons (Fsp3) is 0.643. The largest absolute Gasteiger partial charge is 0.497 e. The lowest BCUT2D eigenvalue weighted by Gasteiger charge is -2.39. The molecule has 0 aliphatic carbocycles. The van der Waals surface area contributed by atoms with E-state index in [1.165, 1.54) is 0 Å². The van der Waals surface area contributed by atoms with Gasteiger partial charge in [0.15, 0.2) is 8.32 Å². The van der Waals surface area contributed by atoms with Gasteiger partial charge in [0.2, 0.25) is 0 Å². The monoisotopic (exact) mass is 568 g/mol. The Morgan fingerprint density at radius 2 is 1.83 bits per heavy atom. The van der Waals surface area contributed by atoms with Gasteiger partial charge in [0, 0.05) is 18.9 Å². The zero-order chi connectivity index (χ0) is 26.4. The third-order valence-corrected chi connectivity index (χ3v) is 12.2. The SMILES string of the molecule is C=C(Br)C[C@H]1O[C@H]1[C@H](CC(=C)[C@@H](C)[C@H](O)CCOCc1ccc(OC)cc1)O[Si](C)(C)C(C)(C)C. The van der Waals surface area contributed by atoms with E-state index < -0.39 is 14.4 Å². The van der Waals surface area contributed by atoms with E-state index in [4.69, 9.17) is 18.6 Å². The van der Waals surface area contributed by atoms with Gasteiger partial charge in [0.25, 0.3) is 0 Å². The topological polar surface area (TPSA) is 60.5 Å². The van der Waals surface area contributed by atoms with Crippen LogP contribution in [0.5, 0.6) is 5.75 Å². The Bertz CT molecular complexity index is 833. The van der Waals surface area contributed by atoms with Crippen molar-refractivity contribution in [2.45, 2.75) is 96.1 Å². The summed E-state index contributed by atoms with van der Waals surface area (Å²) in [6.07, 6.45) is 1.57. The molecule has 1 aliphatic heterocycles. The Balaban J connectivity index is 1.89. The minimum Gasteiger partial charge on any atom is -0.497 e. The second-order valence-electron chi connectivity index (χ2n) is 11.2. The molecule has 35 heavy (non-hydrogen) atoms. The highest BCUT2D eigenvalue weighted by molar-refractivity contribution is 9.11. The minimum absolute atomic E-state index is 0.0346. The van der Waals surface area contributed by atoms with Crippen LogP contribution >= 0.6 is 15.9 Å². The van der Waals surface area contributed by atoms with Crippen LogP contribution in [0.2, 0.25) is 18.1 Å². The van der Waals surface area contributed by atoms with Crippen LogP contribution in [0, 0.1) is 5.92 Å². The molecule has 1 aromatic rings. The molecular formula is C28H45BrO5Si. The lowest BCUT2D eigenvalue weighted by Crippen LogP contribution is -2.46. The predicted molar refractivity (Wildman–Crippen MR) is 150 cm³/mol. The molecule has 0 unspecified atom stereocenters. The number of hydrogen-bond acceptors (Lipinski definition) is 5. The Hall–Kier alpha value is -0.963. The summed E-state index contributed by atoms with van der Waals surface area (Å²) < 4.78 is 24.7. The van der Waals surface area contributed by atoms with E-state index in [1.807, 2.05) is 31.2 Å². The molecular weight excluding hydrogens is 524 g/mol. The van der Waals surface area contributed by atoms with E-state index in [9.17, 15) is 5.11 Å². The van der Waals surface area contributed by atoms with Gasteiger partial charge in [-0.05, 0) is 53.2 Å². The Kier molecular flexibility index (Phi) is 11.3. The molecule has 0 saturated carbocycles. The molecule has 1 aliphatic rings. The summed E-state index contributed by atoms with van der Waals surface area (Å²) in [5.74, 6) is 0.765. The molecule has 0 amide bonds. The van der Waals surface area contributed by atoms with Gasteiger partial charge in [0.05, 0.1) is 32.0 Å². The van der Waals surface area contributed by atoms with Crippen LogP contribution in [0.3, 0.4) is 0 Å². The van der Waals surface area contributed by atoms with Crippen LogP contribution in [0.25, 0.3) is 0 Å². The quantitative estimate of drug-likeness (QED) is 0.107. The zero-order valence-corrected chi connectivity index (χ0v) is 25.2. The summed E-state index contributed by atoms with van der Waals surface area (Å²) in [6.45, 7) is 22.6. The van der Waals surface area contributed by atoms with Crippen molar-refractivity contribution in [3.05, 3.63) is 53.0 Å². The van der Waals surface area contributed by atoms with Gasteiger partial charge in [-0.2, -0.15) is 0 Å². The first-order valence-electron chi connectivity index (χ1n) is 12.5. The average Bonchev–Trinajstić information content (AvgIpc) is 3.53. The molecule has 2 rings (SSSR count). The second kappa shape index (κ2) is 13.0. The average molecular weight is 570 g/mol. The van der Waals surface area contributed by atoms with Crippen molar-refractivity contribution in [3.63, 3.8) is 0 Å². The van der Waals surface area contributed by atoms with Crippen molar-refractivity contribution in [1.29, 1.82) is 0 Å². The normalized spacial score (nSPS) is 20.7. The number of methoxy groups -OCH3 is 1. The number of aliphatic hydroxyl groups is 1. The first kappa shape index (κ1) is 30.3. The fourth-order valence-electron chi connectivity index (χ4n) is 3.73. The molecule has 5 nitrogen and oxygen atoms in total. The van der Waals surface area contributed by atoms with Gasteiger partial charge in [-0.15, -0.1) is 0 Å². The van der Waals surface area contributed by atoms with Gasteiger partial charge >= 0.3 is 0 Å². The van der Waals surface area contributed by atoms with Crippen molar-refractivity contribution in [2.24, 2.45) is 5.92 Å². The van der Waals surface area contributed by atoms with E-state index in [0.29, 0.717) is 26.1 Å². The summed E-state index contributed by atoms with van der Waals surface area (Å²) in [7, 11) is -0.346. The summed E-state index contributed by atoms with van der Waals surface area (Å²) in [6, 6.07) is 7.81. The summed E-state index contributed by atoms with van der Waals surface area (Å²) >= 11 is 3.45. The van der Waals surface area contributed by atoms with Crippen molar-refractivity contribution in [3.8, 4) is 5.75 Å². The van der Waals surface area contributed by atoms with Crippen LogP contribution in [0.1, 0.15) is 52.5 Å². The minimum atomic E-state index is -2.00. The molecule has 1 N–H and O–H groups in total. The third-order valence-electron chi connectivity index (χ3n) is 7.33. The molecule has 1 saturated heterocycles. The maximum absolute atomic E-state index is 10.8. The molecule has 1 aromatic carbocycles. The lowest BCUT2D eigenvalue weighted by molar-refractivity contribution is 0.0542. The van der Waals surface area contributed by atoms with E-state index in [0.717, 1.165) is 27.8 Å². The Labute approximate surface area is 222 Å². The third kappa shape index (κ3) is 9.45. The smallest absolute Gasteiger partial charge is 0.192 e. The molecule has 198 valence electrons. The van der Waals surface area contributed by atoms with Gasteiger partial charge < -0.3 is 23.7 Å². The molecule has 0 spiro atoms. The molecule has 7 heteroatoms. The zero-order valence-electron chi connectivity index (χ0n) is 22.6. The number of aliphatic hydroxyl groups excluding tert-OH is 1. The number of rotatable bonds is 15. The Morgan fingerprint density at radius 1 is 1.20 bits per heavy atom. The fourth-order valence-corrected chi connectivity index (χ4v) is 5.38. The summed E-state index contributed by atoms with van der Waals surface area (Å²) in [4.78, 5) is 0. The lowest BCUT2D eigenvalue weighted by atomic mass is 9.90. The molecule has 0 aromatic heterocycles. The molecule has 0 radical (unpaired) electrons. The second-order valence-corrected chi connectivity index (χ2v) is 17.1. The Morgan fingerprint density at radius 3 is 2.37 bits per heavy atom. The highest BCUT2D eigenvalue weighted by atomic mass is 79.9. The van der Waals surface area contributed by atoms with Crippen LogP contribution < -0.4 is 4.74 Å². The van der Waals surface area contributed by atoms with Crippen molar-refractivity contribution >= 4 is 24.2 Å². The highest BCUT2D eigenvalue weighted by Gasteiger charge is 2.49. The van der Waals surface area contributed by atoms with Crippen molar-refractivity contribution < 1.29 is 23.7 Å². The van der Waals surface area contributed by atoms with Crippen LogP contribution in [0.15, 0.2) is 47.5 Å². The molecule has 0 bridgehead atoms. The van der Waals surface area contributed by atoms with Gasteiger partial charge in [-0.1, -0.05) is 74.5 Å². The van der Waals surface area contributed by atoms with Gasteiger partial charge in [-0.25, -0.2) is 0 Å². The number of hydrogen-bond donors (Lipinski definition) is 1. The molecule has 5 atom stereocenters. The van der Waals surface area contributed by atoms with Crippen LogP contribution in [0.4, 0.5) is 0 Å². The number of ether oxygens (including phenoxy) is 3. The maximum Gasteiger partial charge on any atom is 0.192 e. The number of epoxide rings is 1. The standard InChI is InChI=1S/C28H45BrO5Si/c1-19(21(3)24(30)14-15-32-18-22-10-12-23(31-7)13-11-22)16-26(27-25(33-27)17-20(2)29)34-35(8,9)28(4,5)6/h10-13,21,24-27,30H,1-2,14-18H2,3-9H3/t21-,24-,25-,26+,27-/m1/s1. The summed E-state index contributed by atoms with van der Waals surface area (Å²) in [5.41, 5.74) is 2.07. The van der Waals surface area contributed by atoms with Crippen molar-refractivity contribution in [1.82, 2.24) is 0 Å². The van der Waals surface area contributed by atoms with E-state index in [1.54, 1.807) is 7.11 Å². The number of halogens is 1. The van der Waals surface area contributed by atoms with Crippen LogP contribution in [-0.4, -0.2) is 51.6 Å². The van der Waals surface area contributed by atoms with E-state index in [2.05, 4.69) is 63.0 Å². The number of benzene rings is 1. The summed E-state index contributed by atoms with van der Waals surface area (Å²) in [5, 5.41) is 10.9.